The zero-order chi connectivity index (χ0) is 21.6. The Morgan fingerprint density at radius 2 is 1.76 bits per heavy atom. The van der Waals surface area contributed by atoms with Crippen molar-refractivity contribution >= 4 is 21.6 Å². The van der Waals surface area contributed by atoms with Crippen LogP contribution < -0.4 is 14.8 Å². The molecule has 0 heterocycles. The summed E-state index contributed by atoms with van der Waals surface area (Å²) in [4.78, 5) is 13.1. The first-order valence-electron chi connectivity index (χ1n) is 9.73. The van der Waals surface area contributed by atoms with E-state index in [4.69, 9.17) is 4.74 Å². The normalized spacial score (nSPS) is 12.6. The Bertz CT molecular complexity index is 938. The monoisotopic (exact) mass is 418 g/mol. The predicted octanol–water partition coefficient (Wildman–Crippen LogP) is 3.90. The highest BCUT2D eigenvalue weighted by Crippen LogP contribution is 2.22. The third kappa shape index (κ3) is 6.05. The zero-order valence-corrected chi connectivity index (χ0v) is 18.5. The van der Waals surface area contributed by atoms with Gasteiger partial charge in [-0.3, -0.25) is 4.79 Å². The predicted molar refractivity (Wildman–Crippen MR) is 116 cm³/mol. The first-order valence-corrected chi connectivity index (χ1v) is 11.2. The highest BCUT2D eigenvalue weighted by atomic mass is 32.2. The van der Waals surface area contributed by atoms with Gasteiger partial charge in [0.1, 0.15) is 11.8 Å². The van der Waals surface area contributed by atoms with Gasteiger partial charge in [0.15, 0.2) is 0 Å². The minimum absolute atomic E-state index is 0.0880. The van der Waals surface area contributed by atoms with Gasteiger partial charge in [-0.2, -0.15) is 4.72 Å². The minimum Gasteiger partial charge on any atom is -0.497 e. The fraction of sp³-hybridized carbons (Fsp3) is 0.409. The van der Waals surface area contributed by atoms with Crippen LogP contribution in [0.25, 0.3) is 0 Å². The van der Waals surface area contributed by atoms with Crippen LogP contribution in [-0.2, 0) is 21.2 Å². The molecule has 0 fully saturated rings. The largest absolute Gasteiger partial charge is 0.497 e. The molecule has 0 bridgehead atoms. The van der Waals surface area contributed by atoms with Crippen LogP contribution >= 0.6 is 0 Å². The Kier molecular flexibility index (Phi) is 7.81. The molecule has 2 rings (SSSR count). The molecule has 0 aliphatic heterocycles. The summed E-state index contributed by atoms with van der Waals surface area (Å²) in [6, 6.07) is 11.0. The van der Waals surface area contributed by atoms with Gasteiger partial charge in [0, 0.05) is 5.69 Å². The van der Waals surface area contributed by atoms with Crippen LogP contribution in [-0.4, -0.2) is 27.5 Å². The van der Waals surface area contributed by atoms with Gasteiger partial charge in [-0.1, -0.05) is 39.0 Å². The number of rotatable bonds is 9. The number of hydrogen-bond acceptors (Lipinski definition) is 4. The highest BCUT2D eigenvalue weighted by molar-refractivity contribution is 7.89. The maximum atomic E-state index is 13.0. The van der Waals surface area contributed by atoms with E-state index in [2.05, 4.69) is 10.0 Å². The van der Waals surface area contributed by atoms with Crippen molar-refractivity contribution in [3.8, 4) is 5.75 Å². The average Bonchev–Trinajstić information content (AvgIpc) is 2.68. The van der Waals surface area contributed by atoms with Crippen LogP contribution in [0.5, 0.6) is 5.75 Å². The van der Waals surface area contributed by atoms with Gasteiger partial charge >= 0.3 is 0 Å². The molecule has 1 amide bonds. The van der Waals surface area contributed by atoms with Crippen molar-refractivity contribution in [3.05, 3.63) is 53.6 Å². The molecule has 2 aromatic rings. The van der Waals surface area contributed by atoms with Crippen LogP contribution in [0.4, 0.5) is 5.69 Å². The Hall–Kier alpha value is -2.38. The molecule has 0 aromatic heterocycles. The third-order valence-electron chi connectivity index (χ3n) is 4.68. The van der Waals surface area contributed by atoms with Crippen molar-refractivity contribution in [2.24, 2.45) is 5.92 Å². The van der Waals surface area contributed by atoms with Gasteiger partial charge in [-0.25, -0.2) is 8.42 Å². The second-order valence-electron chi connectivity index (χ2n) is 7.43. The van der Waals surface area contributed by atoms with Gasteiger partial charge < -0.3 is 10.1 Å². The third-order valence-corrected chi connectivity index (χ3v) is 6.17. The molecule has 2 N–H and O–H groups in total. The summed E-state index contributed by atoms with van der Waals surface area (Å²) in [5.74, 6) is 0.332. The highest BCUT2D eigenvalue weighted by Gasteiger charge is 2.27. The lowest BCUT2D eigenvalue weighted by atomic mass is 10.0. The molecule has 0 saturated carbocycles. The van der Waals surface area contributed by atoms with Crippen molar-refractivity contribution in [1.29, 1.82) is 0 Å². The van der Waals surface area contributed by atoms with E-state index in [-0.39, 0.29) is 16.7 Å². The van der Waals surface area contributed by atoms with Gasteiger partial charge in [-0.15, -0.1) is 0 Å². The molecule has 0 unspecified atom stereocenters. The number of para-hydroxylation sites is 1. The lowest BCUT2D eigenvalue weighted by Crippen LogP contribution is -2.44. The summed E-state index contributed by atoms with van der Waals surface area (Å²) >= 11 is 0. The molecule has 0 radical (unpaired) electrons. The summed E-state index contributed by atoms with van der Waals surface area (Å²) in [5.41, 5.74) is 2.70. The fourth-order valence-corrected chi connectivity index (χ4v) is 4.31. The molecule has 29 heavy (non-hydrogen) atoms. The van der Waals surface area contributed by atoms with Crippen molar-refractivity contribution in [1.82, 2.24) is 4.72 Å². The van der Waals surface area contributed by atoms with Crippen LogP contribution in [0.3, 0.4) is 0 Å². The fourth-order valence-electron chi connectivity index (χ4n) is 3.10. The maximum Gasteiger partial charge on any atom is 0.242 e. The topological polar surface area (TPSA) is 84.5 Å². The lowest BCUT2D eigenvalue weighted by molar-refractivity contribution is -0.118. The minimum atomic E-state index is -3.86. The van der Waals surface area contributed by atoms with E-state index >= 15 is 0 Å². The number of carbonyl (C=O) groups excluding carboxylic acids is 1. The zero-order valence-electron chi connectivity index (χ0n) is 17.7. The molecule has 1 atom stereocenters. The van der Waals surface area contributed by atoms with E-state index in [1.165, 1.54) is 19.2 Å². The quantitative estimate of drug-likeness (QED) is 0.647. The van der Waals surface area contributed by atoms with Crippen LogP contribution in [0.2, 0.25) is 0 Å². The number of methoxy groups -OCH3 is 1. The van der Waals surface area contributed by atoms with E-state index in [0.29, 0.717) is 12.2 Å². The average molecular weight is 419 g/mol. The van der Waals surface area contributed by atoms with E-state index in [1.54, 1.807) is 12.1 Å². The van der Waals surface area contributed by atoms with Gasteiger partial charge in [0.05, 0.1) is 12.0 Å². The van der Waals surface area contributed by atoms with Crippen molar-refractivity contribution in [2.75, 3.05) is 12.4 Å². The number of hydrogen-bond donors (Lipinski definition) is 2. The Labute approximate surface area is 173 Å². The second-order valence-corrected chi connectivity index (χ2v) is 9.14. The molecule has 0 aliphatic rings. The summed E-state index contributed by atoms with van der Waals surface area (Å²) in [7, 11) is -2.34. The summed E-state index contributed by atoms with van der Waals surface area (Å²) < 4.78 is 33.3. The number of anilines is 1. The summed E-state index contributed by atoms with van der Waals surface area (Å²) in [6.07, 6.45) is 1.15. The number of amides is 1. The molecule has 7 heteroatoms. The number of nitrogens with one attached hydrogen (secondary N) is 2. The van der Waals surface area contributed by atoms with Gasteiger partial charge in [-0.05, 0) is 61.1 Å². The van der Waals surface area contributed by atoms with E-state index in [9.17, 15) is 13.2 Å². The SMILES string of the molecule is CCc1cccc(C)c1NC(=O)[C@@H](CC(C)C)NS(=O)(=O)c1ccc(OC)cc1. The Morgan fingerprint density at radius 3 is 2.31 bits per heavy atom. The van der Waals surface area contributed by atoms with Crippen LogP contribution in [0.1, 0.15) is 38.3 Å². The second kappa shape index (κ2) is 9.89. The first kappa shape index (κ1) is 22.9. The number of sulfonamides is 1. The molecule has 0 aliphatic carbocycles. The molecule has 2 aromatic carbocycles. The molecule has 0 saturated heterocycles. The van der Waals surface area contributed by atoms with Crippen molar-refractivity contribution < 1.29 is 17.9 Å². The number of carbonyl (C=O) groups is 1. The smallest absolute Gasteiger partial charge is 0.242 e. The Balaban J connectivity index is 2.27. The van der Waals surface area contributed by atoms with E-state index in [0.717, 1.165) is 23.2 Å². The van der Waals surface area contributed by atoms with Crippen LogP contribution in [0, 0.1) is 12.8 Å². The Morgan fingerprint density at radius 1 is 1.10 bits per heavy atom. The number of aryl methyl sites for hydroxylation is 2. The van der Waals surface area contributed by atoms with Gasteiger partial charge in [0.2, 0.25) is 15.9 Å². The number of ether oxygens (including phenoxy) is 1. The lowest BCUT2D eigenvalue weighted by Gasteiger charge is -2.22. The van der Waals surface area contributed by atoms with Gasteiger partial charge in [0.25, 0.3) is 0 Å². The molecular weight excluding hydrogens is 388 g/mol. The van der Waals surface area contributed by atoms with E-state index < -0.39 is 16.1 Å². The standard InChI is InChI=1S/C22H30N2O4S/c1-6-17-9-7-8-16(4)21(17)23-22(25)20(14-15(2)3)24-29(26,27)19-12-10-18(28-5)11-13-19/h7-13,15,20,24H,6,14H2,1-5H3,(H,23,25)/t20-/m1/s1. The summed E-state index contributed by atoms with van der Waals surface area (Å²) in [5, 5.41) is 2.94. The molecular formula is C22H30N2O4S. The van der Waals surface area contributed by atoms with Crippen molar-refractivity contribution in [3.63, 3.8) is 0 Å². The molecule has 158 valence electrons. The first-order chi connectivity index (χ1) is 13.7. The van der Waals surface area contributed by atoms with Crippen molar-refractivity contribution in [2.45, 2.75) is 51.5 Å². The molecule has 0 spiro atoms. The molecule has 6 nitrogen and oxygen atoms in total. The van der Waals surface area contributed by atoms with E-state index in [1.807, 2.05) is 45.9 Å². The van der Waals surface area contributed by atoms with Crippen LogP contribution in [0.15, 0.2) is 47.4 Å². The summed E-state index contributed by atoms with van der Waals surface area (Å²) in [6.45, 7) is 7.84. The maximum absolute atomic E-state index is 13.0. The number of benzene rings is 2.